The number of hydrogen-bond acceptors (Lipinski definition) is 3. The first kappa shape index (κ1) is 12.5. The van der Waals surface area contributed by atoms with Crippen LogP contribution in [0.1, 0.15) is 38.8 Å². The van der Waals surface area contributed by atoms with E-state index >= 15 is 0 Å². The van der Waals surface area contributed by atoms with Crippen molar-refractivity contribution in [2.45, 2.75) is 53.1 Å². The Bertz CT molecular complexity index is 595. The van der Waals surface area contributed by atoms with E-state index in [-0.39, 0.29) is 0 Å². The van der Waals surface area contributed by atoms with Crippen molar-refractivity contribution in [1.82, 2.24) is 19.3 Å². The van der Waals surface area contributed by atoms with Gasteiger partial charge in [0.25, 0.3) is 0 Å². The predicted molar refractivity (Wildman–Crippen MR) is 76.8 cm³/mol. The number of imidazole rings is 1. The molecule has 1 aliphatic carbocycles. The zero-order chi connectivity index (χ0) is 13.6. The minimum atomic E-state index is 0.636. The second-order valence-electron chi connectivity index (χ2n) is 5.82. The zero-order valence-corrected chi connectivity index (χ0v) is 12.1. The average molecular weight is 261 g/mol. The lowest BCUT2D eigenvalue weighted by molar-refractivity contribution is 0.367. The van der Waals surface area contributed by atoms with Crippen LogP contribution in [0.5, 0.6) is 0 Å². The van der Waals surface area contributed by atoms with Crippen molar-refractivity contribution in [3.05, 3.63) is 5.69 Å². The molecule has 104 valence electrons. The first-order valence-electron chi connectivity index (χ1n) is 7.31. The van der Waals surface area contributed by atoms with Crippen molar-refractivity contribution < 1.29 is 0 Å². The minimum absolute atomic E-state index is 0.636. The molecule has 0 spiro atoms. The van der Waals surface area contributed by atoms with Gasteiger partial charge in [0, 0.05) is 13.1 Å². The molecule has 3 rings (SSSR count). The maximum absolute atomic E-state index is 6.12. The summed E-state index contributed by atoms with van der Waals surface area (Å²) in [6.07, 6.45) is 3.99. The summed E-state index contributed by atoms with van der Waals surface area (Å²) in [6.45, 7) is 8.30. The van der Waals surface area contributed by atoms with Crippen LogP contribution in [-0.4, -0.2) is 19.3 Å². The van der Waals surface area contributed by atoms with Crippen LogP contribution in [0.15, 0.2) is 0 Å². The van der Waals surface area contributed by atoms with Gasteiger partial charge < -0.3 is 5.73 Å². The Hall–Kier alpha value is -1.52. The summed E-state index contributed by atoms with van der Waals surface area (Å²) in [6, 6.07) is 0. The minimum Gasteiger partial charge on any atom is -0.369 e. The maximum Gasteiger partial charge on any atom is 0.202 e. The summed E-state index contributed by atoms with van der Waals surface area (Å²) < 4.78 is 4.19. The Morgan fingerprint density at radius 3 is 2.79 bits per heavy atom. The van der Waals surface area contributed by atoms with Crippen molar-refractivity contribution in [2.24, 2.45) is 11.8 Å². The third-order valence-corrected chi connectivity index (χ3v) is 4.58. The van der Waals surface area contributed by atoms with Gasteiger partial charge in [-0.15, -0.1) is 0 Å². The number of rotatable bonds is 3. The third kappa shape index (κ3) is 1.91. The second kappa shape index (κ2) is 4.54. The van der Waals surface area contributed by atoms with Crippen LogP contribution in [0.3, 0.4) is 0 Å². The van der Waals surface area contributed by atoms with Crippen LogP contribution in [0, 0.1) is 18.8 Å². The number of nitrogens with zero attached hydrogens (tertiary/aromatic N) is 4. The van der Waals surface area contributed by atoms with Crippen LogP contribution < -0.4 is 5.73 Å². The first-order chi connectivity index (χ1) is 9.11. The summed E-state index contributed by atoms with van der Waals surface area (Å²) in [5.74, 6) is 2.15. The summed E-state index contributed by atoms with van der Waals surface area (Å²) in [4.78, 5) is 4.51. The molecule has 2 aromatic rings. The fourth-order valence-electron chi connectivity index (χ4n) is 3.37. The highest BCUT2D eigenvalue weighted by Gasteiger charge is 2.26. The quantitative estimate of drug-likeness (QED) is 0.923. The van der Waals surface area contributed by atoms with Gasteiger partial charge in [0.1, 0.15) is 5.52 Å². The Morgan fingerprint density at radius 1 is 1.37 bits per heavy atom. The molecule has 1 aliphatic rings. The summed E-state index contributed by atoms with van der Waals surface area (Å²) in [7, 11) is 0. The van der Waals surface area contributed by atoms with E-state index in [2.05, 4.69) is 28.5 Å². The second-order valence-corrected chi connectivity index (χ2v) is 5.82. The predicted octanol–water partition coefficient (Wildman–Crippen LogP) is 2.58. The Labute approximate surface area is 113 Å². The molecule has 0 amide bonds. The number of nitrogen functional groups attached to an aromatic ring is 1. The lowest BCUT2D eigenvalue weighted by atomic mass is 9.98. The van der Waals surface area contributed by atoms with E-state index in [0.717, 1.165) is 41.8 Å². The van der Waals surface area contributed by atoms with Crippen LogP contribution in [0.2, 0.25) is 0 Å². The van der Waals surface area contributed by atoms with Gasteiger partial charge in [-0.1, -0.05) is 19.8 Å². The highest BCUT2D eigenvalue weighted by molar-refractivity contribution is 5.77. The summed E-state index contributed by atoms with van der Waals surface area (Å²) >= 11 is 0. The molecule has 1 fully saturated rings. The van der Waals surface area contributed by atoms with Crippen LogP contribution >= 0.6 is 0 Å². The normalized spacial score (nSPS) is 23.5. The van der Waals surface area contributed by atoms with E-state index in [4.69, 9.17) is 5.73 Å². The molecule has 0 bridgehead atoms. The van der Waals surface area contributed by atoms with Gasteiger partial charge in [-0.2, -0.15) is 5.10 Å². The topological polar surface area (TPSA) is 61.7 Å². The van der Waals surface area contributed by atoms with E-state index in [1.54, 1.807) is 0 Å². The molecular weight excluding hydrogens is 238 g/mol. The van der Waals surface area contributed by atoms with Gasteiger partial charge >= 0.3 is 0 Å². The van der Waals surface area contributed by atoms with Crippen LogP contribution in [0.4, 0.5) is 5.95 Å². The number of aromatic nitrogens is 4. The first-order valence-corrected chi connectivity index (χ1v) is 7.31. The number of nitrogens with two attached hydrogens (primary N) is 1. The van der Waals surface area contributed by atoms with Crippen molar-refractivity contribution in [2.75, 3.05) is 5.73 Å². The van der Waals surface area contributed by atoms with E-state index in [0.29, 0.717) is 5.95 Å². The van der Waals surface area contributed by atoms with E-state index in [9.17, 15) is 0 Å². The van der Waals surface area contributed by atoms with Crippen molar-refractivity contribution >= 4 is 17.1 Å². The lowest BCUT2D eigenvalue weighted by Crippen LogP contribution is -2.16. The highest BCUT2D eigenvalue weighted by atomic mass is 15.4. The van der Waals surface area contributed by atoms with Gasteiger partial charge in [-0.25, -0.2) is 9.67 Å². The highest BCUT2D eigenvalue weighted by Crippen LogP contribution is 2.34. The van der Waals surface area contributed by atoms with Gasteiger partial charge in [0.15, 0.2) is 5.65 Å². The molecule has 2 N–H and O–H groups in total. The summed E-state index contributed by atoms with van der Waals surface area (Å²) in [5, 5.41) is 4.54. The number of fused-ring (bicyclic) bond motifs is 1. The molecule has 19 heavy (non-hydrogen) atoms. The van der Waals surface area contributed by atoms with E-state index in [1.807, 2.05) is 11.6 Å². The maximum atomic E-state index is 6.12. The Morgan fingerprint density at radius 2 is 2.16 bits per heavy atom. The van der Waals surface area contributed by atoms with E-state index in [1.165, 1.54) is 19.3 Å². The number of hydrogen-bond donors (Lipinski definition) is 1. The van der Waals surface area contributed by atoms with Crippen LogP contribution in [0.25, 0.3) is 11.2 Å². The van der Waals surface area contributed by atoms with E-state index < -0.39 is 0 Å². The molecule has 5 heteroatoms. The molecule has 2 unspecified atom stereocenters. The standard InChI is InChI=1S/C14H23N5/c1-4-19-13-12(10(3)17-19)16-14(15)18(13)8-11-7-5-6-9(11)2/h9,11H,4-8H2,1-3H3,(H2,15,16). The SMILES string of the molecule is CCn1nc(C)c2nc(N)n(CC3CCCC3C)c21. The number of anilines is 1. The molecule has 1 saturated carbocycles. The molecule has 2 heterocycles. The number of aryl methyl sites for hydroxylation is 2. The van der Waals surface area contributed by atoms with Crippen molar-refractivity contribution in [1.29, 1.82) is 0 Å². The molecule has 5 nitrogen and oxygen atoms in total. The molecule has 2 aromatic heterocycles. The fraction of sp³-hybridized carbons (Fsp3) is 0.714. The van der Waals surface area contributed by atoms with Gasteiger partial charge in [-0.3, -0.25) is 4.57 Å². The fourth-order valence-corrected chi connectivity index (χ4v) is 3.37. The molecule has 0 radical (unpaired) electrons. The van der Waals surface area contributed by atoms with Crippen molar-refractivity contribution in [3.63, 3.8) is 0 Å². The summed E-state index contributed by atoms with van der Waals surface area (Å²) in [5.41, 5.74) is 9.16. The lowest BCUT2D eigenvalue weighted by Gasteiger charge is -2.17. The van der Waals surface area contributed by atoms with Gasteiger partial charge in [-0.05, 0) is 32.1 Å². The van der Waals surface area contributed by atoms with Gasteiger partial charge in [0.05, 0.1) is 5.69 Å². The molecule has 0 aromatic carbocycles. The zero-order valence-electron chi connectivity index (χ0n) is 12.1. The smallest absolute Gasteiger partial charge is 0.202 e. The largest absolute Gasteiger partial charge is 0.369 e. The molecular formula is C14H23N5. The average Bonchev–Trinajstić information content (AvgIpc) is 3.01. The van der Waals surface area contributed by atoms with Crippen molar-refractivity contribution in [3.8, 4) is 0 Å². The molecule has 2 atom stereocenters. The molecule has 0 aliphatic heterocycles. The Kier molecular flexibility index (Phi) is 2.99. The third-order valence-electron chi connectivity index (χ3n) is 4.58. The molecule has 0 saturated heterocycles. The van der Waals surface area contributed by atoms with Crippen LogP contribution in [-0.2, 0) is 13.1 Å². The monoisotopic (exact) mass is 261 g/mol. The Balaban J connectivity index is 2.04. The van der Waals surface area contributed by atoms with Gasteiger partial charge in [0.2, 0.25) is 5.95 Å².